The summed E-state index contributed by atoms with van der Waals surface area (Å²) in [5, 5.41) is 3.40. The number of methoxy groups -OCH3 is 1. The Morgan fingerprint density at radius 2 is 2.19 bits per heavy atom. The lowest BCUT2D eigenvalue weighted by Crippen LogP contribution is -2.27. The zero-order chi connectivity index (χ0) is 11.4. The van der Waals surface area contributed by atoms with E-state index in [1.165, 1.54) is 12.1 Å². The Balaban J connectivity index is 2.18. The molecule has 0 bridgehead atoms. The van der Waals surface area contributed by atoms with E-state index in [2.05, 4.69) is 38.3 Å². The maximum absolute atomic E-state index is 5.32. The molecule has 1 aliphatic rings. The van der Waals surface area contributed by atoms with Gasteiger partial charge in [-0.15, -0.1) is 0 Å². The molecule has 1 fully saturated rings. The summed E-state index contributed by atoms with van der Waals surface area (Å²) in [7, 11) is 1.70. The molecule has 0 spiro atoms. The van der Waals surface area contributed by atoms with E-state index in [0.717, 1.165) is 36.4 Å². The minimum absolute atomic E-state index is 0.898. The SMILES string of the molecule is COc1cc(N2CCCNCC2)ccc1Br. The molecule has 1 heterocycles. The van der Waals surface area contributed by atoms with Gasteiger partial charge in [0.2, 0.25) is 0 Å². The Bertz CT molecular complexity index is 349. The average Bonchev–Trinajstić information content (AvgIpc) is 2.58. The molecule has 0 atom stereocenters. The second-order valence-corrected chi connectivity index (χ2v) is 4.76. The van der Waals surface area contributed by atoms with E-state index in [0.29, 0.717) is 0 Å². The Morgan fingerprint density at radius 1 is 1.31 bits per heavy atom. The van der Waals surface area contributed by atoms with Gasteiger partial charge in [-0.05, 0) is 41.0 Å². The van der Waals surface area contributed by atoms with Crippen LogP contribution in [0.15, 0.2) is 22.7 Å². The van der Waals surface area contributed by atoms with Crippen molar-refractivity contribution in [3.05, 3.63) is 22.7 Å². The molecule has 4 heteroatoms. The van der Waals surface area contributed by atoms with Gasteiger partial charge in [0, 0.05) is 31.4 Å². The molecule has 1 saturated heterocycles. The Labute approximate surface area is 105 Å². The van der Waals surface area contributed by atoms with Crippen molar-refractivity contribution in [2.45, 2.75) is 6.42 Å². The third kappa shape index (κ3) is 2.68. The van der Waals surface area contributed by atoms with Gasteiger partial charge in [0.1, 0.15) is 5.75 Å². The Kier molecular flexibility index (Phi) is 4.07. The lowest BCUT2D eigenvalue weighted by atomic mass is 10.2. The molecule has 3 nitrogen and oxygen atoms in total. The van der Waals surface area contributed by atoms with Gasteiger partial charge < -0.3 is 15.0 Å². The van der Waals surface area contributed by atoms with E-state index in [1.807, 2.05) is 6.07 Å². The summed E-state index contributed by atoms with van der Waals surface area (Å²) in [5.41, 5.74) is 1.24. The zero-order valence-electron chi connectivity index (χ0n) is 9.50. The van der Waals surface area contributed by atoms with Gasteiger partial charge in [0.25, 0.3) is 0 Å². The highest BCUT2D eigenvalue weighted by Crippen LogP contribution is 2.29. The number of nitrogens with zero attached hydrogens (tertiary/aromatic N) is 1. The number of hydrogen-bond acceptors (Lipinski definition) is 3. The largest absolute Gasteiger partial charge is 0.495 e. The van der Waals surface area contributed by atoms with Gasteiger partial charge in [-0.25, -0.2) is 0 Å². The molecule has 0 aliphatic carbocycles. The highest BCUT2D eigenvalue weighted by atomic mass is 79.9. The normalized spacial score (nSPS) is 17.0. The fourth-order valence-corrected chi connectivity index (χ4v) is 2.36. The summed E-state index contributed by atoms with van der Waals surface area (Å²) < 4.78 is 6.32. The van der Waals surface area contributed by atoms with Crippen LogP contribution in [0.1, 0.15) is 6.42 Å². The lowest BCUT2D eigenvalue weighted by Gasteiger charge is -2.23. The molecule has 16 heavy (non-hydrogen) atoms. The molecule has 0 radical (unpaired) electrons. The molecule has 1 N–H and O–H groups in total. The first-order chi connectivity index (χ1) is 7.81. The lowest BCUT2D eigenvalue weighted by molar-refractivity contribution is 0.412. The minimum Gasteiger partial charge on any atom is -0.495 e. The molecular formula is C12H17BrN2O. The predicted octanol–water partition coefficient (Wildman–Crippen LogP) is 2.26. The number of ether oxygens (including phenoxy) is 1. The fourth-order valence-electron chi connectivity index (χ4n) is 1.95. The van der Waals surface area contributed by atoms with Gasteiger partial charge >= 0.3 is 0 Å². The van der Waals surface area contributed by atoms with Crippen LogP contribution < -0.4 is 15.0 Å². The number of halogens is 1. The minimum atomic E-state index is 0.898. The molecule has 0 aromatic heterocycles. The smallest absolute Gasteiger partial charge is 0.135 e. The highest BCUT2D eigenvalue weighted by molar-refractivity contribution is 9.10. The maximum atomic E-state index is 5.32. The summed E-state index contributed by atoms with van der Waals surface area (Å²) in [6, 6.07) is 6.28. The molecule has 2 rings (SSSR count). The van der Waals surface area contributed by atoms with Gasteiger partial charge in [-0.3, -0.25) is 0 Å². The summed E-state index contributed by atoms with van der Waals surface area (Å²) in [6.07, 6.45) is 1.19. The van der Waals surface area contributed by atoms with Crippen LogP contribution in [0.3, 0.4) is 0 Å². The van der Waals surface area contributed by atoms with E-state index in [-0.39, 0.29) is 0 Å². The van der Waals surface area contributed by atoms with Crippen LogP contribution in [0.5, 0.6) is 5.75 Å². The van der Waals surface area contributed by atoms with E-state index in [9.17, 15) is 0 Å². The van der Waals surface area contributed by atoms with Crippen molar-refractivity contribution in [1.82, 2.24) is 5.32 Å². The average molecular weight is 285 g/mol. The molecule has 88 valence electrons. The van der Waals surface area contributed by atoms with E-state index in [4.69, 9.17) is 4.74 Å². The van der Waals surface area contributed by atoms with Crippen molar-refractivity contribution >= 4 is 21.6 Å². The molecule has 1 aromatic rings. The van der Waals surface area contributed by atoms with Crippen LogP contribution in [0, 0.1) is 0 Å². The van der Waals surface area contributed by atoms with Crippen molar-refractivity contribution < 1.29 is 4.74 Å². The first kappa shape index (κ1) is 11.7. The first-order valence-corrected chi connectivity index (χ1v) is 6.40. The van der Waals surface area contributed by atoms with Crippen molar-refractivity contribution in [2.24, 2.45) is 0 Å². The molecule has 1 aliphatic heterocycles. The third-order valence-electron chi connectivity index (χ3n) is 2.84. The predicted molar refractivity (Wildman–Crippen MR) is 70.4 cm³/mol. The fraction of sp³-hybridized carbons (Fsp3) is 0.500. The van der Waals surface area contributed by atoms with Crippen LogP contribution in [0.4, 0.5) is 5.69 Å². The van der Waals surface area contributed by atoms with E-state index in [1.54, 1.807) is 7.11 Å². The third-order valence-corrected chi connectivity index (χ3v) is 3.50. The van der Waals surface area contributed by atoms with E-state index >= 15 is 0 Å². The van der Waals surface area contributed by atoms with Gasteiger partial charge in [0.05, 0.1) is 11.6 Å². The topological polar surface area (TPSA) is 24.5 Å². The number of anilines is 1. The maximum Gasteiger partial charge on any atom is 0.135 e. The molecule has 0 saturated carbocycles. The molecular weight excluding hydrogens is 268 g/mol. The van der Waals surface area contributed by atoms with Crippen LogP contribution in [0.2, 0.25) is 0 Å². The van der Waals surface area contributed by atoms with Crippen molar-refractivity contribution in [1.29, 1.82) is 0 Å². The second-order valence-electron chi connectivity index (χ2n) is 3.91. The summed E-state index contributed by atoms with van der Waals surface area (Å²) in [4.78, 5) is 2.40. The first-order valence-electron chi connectivity index (χ1n) is 5.60. The van der Waals surface area contributed by atoms with Crippen LogP contribution in [-0.4, -0.2) is 33.3 Å². The summed E-state index contributed by atoms with van der Waals surface area (Å²) >= 11 is 3.47. The van der Waals surface area contributed by atoms with Crippen LogP contribution >= 0.6 is 15.9 Å². The monoisotopic (exact) mass is 284 g/mol. The van der Waals surface area contributed by atoms with Crippen molar-refractivity contribution in [3.8, 4) is 5.75 Å². The van der Waals surface area contributed by atoms with Crippen molar-refractivity contribution in [3.63, 3.8) is 0 Å². The molecule has 1 aromatic carbocycles. The summed E-state index contributed by atoms with van der Waals surface area (Å²) in [5.74, 6) is 0.898. The zero-order valence-corrected chi connectivity index (χ0v) is 11.1. The van der Waals surface area contributed by atoms with E-state index < -0.39 is 0 Å². The second kappa shape index (κ2) is 5.55. The van der Waals surface area contributed by atoms with Gasteiger partial charge in [0.15, 0.2) is 0 Å². The number of hydrogen-bond donors (Lipinski definition) is 1. The summed E-state index contributed by atoms with van der Waals surface area (Å²) in [6.45, 7) is 4.34. The number of rotatable bonds is 2. The number of benzene rings is 1. The standard InChI is InChI=1S/C12H17BrN2O/c1-16-12-9-10(3-4-11(12)13)15-7-2-5-14-6-8-15/h3-4,9,14H,2,5-8H2,1H3. The van der Waals surface area contributed by atoms with Crippen LogP contribution in [-0.2, 0) is 0 Å². The molecule has 0 amide bonds. The van der Waals surface area contributed by atoms with Crippen LogP contribution in [0.25, 0.3) is 0 Å². The number of nitrogens with one attached hydrogen (secondary N) is 1. The quantitative estimate of drug-likeness (QED) is 0.902. The highest BCUT2D eigenvalue weighted by Gasteiger charge is 2.11. The Hall–Kier alpha value is -0.740. The molecule has 0 unspecified atom stereocenters. The Morgan fingerprint density at radius 3 is 3.00 bits per heavy atom. The van der Waals surface area contributed by atoms with Gasteiger partial charge in [-0.2, -0.15) is 0 Å². The van der Waals surface area contributed by atoms with Gasteiger partial charge in [-0.1, -0.05) is 0 Å². The van der Waals surface area contributed by atoms with Crippen molar-refractivity contribution in [2.75, 3.05) is 38.2 Å².